The van der Waals surface area contributed by atoms with Crippen molar-refractivity contribution in [3.05, 3.63) is 29.6 Å². The van der Waals surface area contributed by atoms with Gasteiger partial charge >= 0.3 is 5.97 Å². The van der Waals surface area contributed by atoms with Crippen LogP contribution in [-0.4, -0.2) is 28.5 Å². The molecule has 0 bridgehead atoms. The molecule has 0 aliphatic heterocycles. The predicted octanol–water partition coefficient (Wildman–Crippen LogP) is 1.61. The topological polar surface area (TPSA) is 57.5 Å². The smallest absolute Gasteiger partial charge is 0.335 e. The average molecular weight is 216 g/mol. The molecule has 0 aliphatic carbocycles. The molecule has 0 atom stereocenters. The maximum atomic E-state index is 13.1. The Morgan fingerprint density at radius 2 is 2.21 bits per heavy atom. The molecule has 76 valence electrons. The van der Waals surface area contributed by atoms with E-state index in [9.17, 15) is 9.18 Å². The molecule has 0 saturated heterocycles. The normalized spacial score (nSPS) is 10.1. The fourth-order valence-electron chi connectivity index (χ4n) is 0.903. The molecule has 0 unspecified atom stereocenters. The molecule has 1 aromatic carbocycles. The van der Waals surface area contributed by atoms with Crippen LogP contribution in [0, 0.1) is 5.82 Å². The molecule has 3 nitrogen and oxygen atoms in total. The first kappa shape index (κ1) is 11.0. The van der Waals surface area contributed by atoms with Gasteiger partial charge in [-0.05, 0) is 18.2 Å². The maximum Gasteiger partial charge on any atom is 0.335 e. The van der Waals surface area contributed by atoms with Crippen LogP contribution in [0.25, 0.3) is 0 Å². The van der Waals surface area contributed by atoms with E-state index in [1.807, 2.05) is 0 Å². The highest BCUT2D eigenvalue weighted by Gasteiger charge is 2.08. The monoisotopic (exact) mass is 216 g/mol. The first-order valence-corrected chi connectivity index (χ1v) is 4.90. The third kappa shape index (κ3) is 2.71. The molecule has 0 aliphatic rings. The largest absolute Gasteiger partial charge is 0.478 e. The molecular weight excluding hydrogens is 207 g/mol. The van der Waals surface area contributed by atoms with Gasteiger partial charge in [0.25, 0.3) is 0 Å². The lowest BCUT2D eigenvalue weighted by atomic mass is 10.2. The lowest BCUT2D eigenvalue weighted by Gasteiger charge is -2.02. The molecule has 0 aromatic heterocycles. The lowest BCUT2D eigenvalue weighted by Crippen LogP contribution is -1.97. The number of hydrogen-bond donors (Lipinski definition) is 2. The molecular formula is C9H9FO3S. The van der Waals surface area contributed by atoms with Crippen LogP contribution in [0.1, 0.15) is 10.4 Å². The van der Waals surface area contributed by atoms with Gasteiger partial charge in [0.1, 0.15) is 5.82 Å². The molecule has 0 amide bonds. The van der Waals surface area contributed by atoms with Gasteiger partial charge < -0.3 is 10.2 Å². The molecule has 0 radical (unpaired) electrons. The zero-order valence-corrected chi connectivity index (χ0v) is 8.05. The van der Waals surface area contributed by atoms with E-state index in [0.717, 1.165) is 17.8 Å². The number of hydrogen-bond acceptors (Lipinski definition) is 3. The molecule has 0 spiro atoms. The zero-order chi connectivity index (χ0) is 10.6. The van der Waals surface area contributed by atoms with Crippen molar-refractivity contribution < 1.29 is 19.4 Å². The number of aliphatic hydroxyl groups excluding tert-OH is 1. The summed E-state index contributed by atoms with van der Waals surface area (Å²) < 4.78 is 13.1. The van der Waals surface area contributed by atoms with Gasteiger partial charge in [0.05, 0.1) is 12.2 Å². The number of aliphatic hydroxyl groups is 1. The molecule has 1 rings (SSSR count). The van der Waals surface area contributed by atoms with Crippen molar-refractivity contribution in [3.63, 3.8) is 0 Å². The van der Waals surface area contributed by atoms with Crippen LogP contribution in [0.3, 0.4) is 0 Å². The quantitative estimate of drug-likeness (QED) is 0.751. The van der Waals surface area contributed by atoms with Gasteiger partial charge in [0, 0.05) is 10.6 Å². The van der Waals surface area contributed by atoms with Crippen LogP contribution in [0.4, 0.5) is 4.39 Å². The summed E-state index contributed by atoms with van der Waals surface area (Å²) >= 11 is 1.09. The summed E-state index contributed by atoms with van der Waals surface area (Å²) in [6, 6.07) is 3.59. The summed E-state index contributed by atoms with van der Waals surface area (Å²) in [7, 11) is 0. The molecule has 14 heavy (non-hydrogen) atoms. The first-order chi connectivity index (χ1) is 6.65. The molecule has 0 heterocycles. The summed E-state index contributed by atoms with van der Waals surface area (Å²) in [5.41, 5.74) is 0.0480. The van der Waals surface area contributed by atoms with Gasteiger partial charge in [0.2, 0.25) is 0 Å². The number of carboxylic acids is 1. The van der Waals surface area contributed by atoms with E-state index in [2.05, 4.69) is 0 Å². The van der Waals surface area contributed by atoms with Gasteiger partial charge in [-0.3, -0.25) is 0 Å². The zero-order valence-electron chi connectivity index (χ0n) is 7.24. The van der Waals surface area contributed by atoms with Crippen molar-refractivity contribution in [1.29, 1.82) is 0 Å². The van der Waals surface area contributed by atoms with Gasteiger partial charge in [-0.15, -0.1) is 11.8 Å². The van der Waals surface area contributed by atoms with Crippen LogP contribution in [0.2, 0.25) is 0 Å². The van der Waals surface area contributed by atoms with E-state index in [4.69, 9.17) is 10.2 Å². The summed E-state index contributed by atoms with van der Waals surface area (Å²) in [5, 5.41) is 17.2. The Morgan fingerprint density at radius 1 is 1.50 bits per heavy atom. The number of benzene rings is 1. The Kier molecular flexibility index (Phi) is 3.91. The second kappa shape index (κ2) is 4.97. The predicted molar refractivity (Wildman–Crippen MR) is 51.2 cm³/mol. The van der Waals surface area contributed by atoms with Crippen molar-refractivity contribution in [2.24, 2.45) is 0 Å². The van der Waals surface area contributed by atoms with Gasteiger partial charge in [-0.25, -0.2) is 9.18 Å². The Bertz CT molecular complexity index is 341. The van der Waals surface area contributed by atoms with Crippen molar-refractivity contribution in [1.82, 2.24) is 0 Å². The van der Waals surface area contributed by atoms with Crippen molar-refractivity contribution >= 4 is 17.7 Å². The lowest BCUT2D eigenvalue weighted by molar-refractivity contribution is 0.0696. The summed E-state index contributed by atoms with van der Waals surface area (Å²) in [6.07, 6.45) is 0. The highest BCUT2D eigenvalue weighted by atomic mass is 32.2. The minimum atomic E-state index is -1.09. The van der Waals surface area contributed by atoms with Gasteiger partial charge in [-0.1, -0.05) is 0 Å². The van der Waals surface area contributed by atoms with Crippen molar-refractivity contribution in [2.75, 3.05) is 12.4 Å². The van der Waals surface area contributed by atoms with E-state index >= 15 is 0 Å². The van der Waals surface area contributed by atoms with Crippen molar-refractivity contribution in [3.8, 4) is 0 Å². The maximum absolute atomic E-state index is 13.1. The number of aromatic carboxylic acids is 1. The Balaban J connectivity index is 2.90. The summed E-state index contributed by atoms with van der Waals surface area (Å²) in [6.45, 7) is -0.0680. The van der Waals surface area contributed by atoms with Crippen LogP contribution in [0.5, 0.6) is 0 Å². The van der Waals surface area contributed by atoms with Crippen LogP contribution < -0.4 is 0 Å². The van der Waals surface area contributed by atoms with Gasteiger partial charge in [-0.2, -0.15) is 0 Å². The SMILES string of the molecule is O=C(O)c1ccc(F)c(SCCO)c1. The molecule has 1 aromatic rings. The van der Waals surface area contributed by atoms with Crippen molar-refractivity contribution in [2.45, 2.75) is 4.90 Å². The number of rotatable bonds is 4. The molecule has 0 saturated carbocycles. The number of halogens is 1. The minimum absolute atomic E-state index is 0.0480. The molecule has 5 heteroatoms. The molecule has 2 N–H and O–H groups in total. The number of carbonyl (C=O) groups is 1. The summed E-state index contributed by atoms with van der Waals surface area (Å²) in [5.74, 6) is -1.20. The third-order valence-electron chi connectivity index (χ3n) is 1.53. The highest BCUT2D eigenvalue weighted by Crippen LogP contribution is 2.22. The number of carboxylic acid groups (broad SMARTS) is 1. The van der Waals surface area contributed by atoms with Crippen LogP contribution in [-0.2, 0) is 0 Å². The Hall–Kier alpha value is -1.07. The van der Waals surface area contributed by atoms with E-state index in [-0.39, 0.29) is 17.1 Å². The molecule has 0 fully saturated rings. The van der Waals surface area contributed by atoms with Crippen LogP contribution >= 0.6 is 11.8 Å². The van der Waals surface area contributed by atoms with Gasteiger partial charge in [0.15, 0.2) is 0 Å². The fourth-order valence-corrected chi connectivity index (χ4v) is 1.63. The second-order valence-electron chi connectivity index (χ2n) is 2.52. The third-order valence-corrected chi connectivity index (χ3v) is 2.54. The standard InChI is InChI=1S/C9H9FO3S/c10-7-2-1-6(9(12)13)5-8(7)14-4-3-11/h1-2,5,11H,3-4H2,(H,12,13). The minimum Gasteiger partial charge on any atom is -0.478 e. The first-order valence-electron chi connectivity index (χ1n) is 3.91. The van der Waals surface area contributed by atoms with E-state index in [1.54, 1.807) is 0 Å². The Labute approximate surface area is 84.6 Å². The fraction of sp³-hybridized carbons (Fsp3) is 0.222. The van der Waals surface area contributed by atoms with E-state index in [1.165, 1.54) is 12.1 Å². The second-order valence-corrected chi connectivity index (χ2v) is 3.66. The summed E-state index contributed by atoms with van der Waals surface area (Å²) in [4.78, 5) is 10.8. The Morgan fingerprint density at radius 3 is 2.79 bits per heavy atom. The van der Waals surface area contributed by atoms with E-state index < -0.39 is 11.8 Å². The average Bonchev–Trinajstić information content (AvgIpc) is 2.16. The number of thioether (sulfide) groups is 1. The highest BCUT2D eigenvalue weighted by molar-refractivity contribution is 7.99. The van der Waals surface area contributed by atoms with E-state index in [0.29, 0.717) is 5.75 Å². The van der Waals surface area contributed by atoms with Crippen LogP contribution in [0.15, 0.2) is 23.1 Å².